The molecule has 0 saturated carbocycles. The van der Waals surface area contributed by atoms with Crippen LogP contribution >= 0.6 is 0 Å². The van der Waals surface area contributed by atoms with E-state index in [9.17, 15) is 4.79 Å². The van der Waals surface area contributed by atoms with E-state index in [4.69, 9.17) is 10.3 Å². The molecule has 0 aliphatic heterocycles. The van der Waals surface area contributed by atoms with Crippen molar-refractivity contribution in [3.8, 4) is 0 Å². The van der Waals surface area contributed by atoms with Gasteiger partial charge in [0.15, 0.2) is 5.82 Å². The van der Waals surface area contributed by atoms with Crippen LogP contribution in [0.25, 0.3) is 0 Å². The van der Waals surface area contributed by atoms with Crippen molar-refractivity contribution >= 4 is 11.7 Å². The maximum Gasteiger partial charge on any atom is 0.242 e. The van der Waals surface area contributed by atoms with Gasteiger partial charge in [0.25, 0.3) is 0 Å². The molecule has 1 rings (SSSR count). The third-order valence-electron chi connectivity index (χ3n) is 2.44. The minimum absolute atomic E-state index is 0.151. The van der Waals surface area contributed by atoms with Crippen LogP contribution in [0.2, 0.25) is 0 Å². The third kappa shape index (κ3) is 3.06. The second-order valence-electron chi connectivity index (χ2n) is 3.72. The van der Waals surface area contributed by atoms with Crippen LogP contribution in [0.3, 0.4) is 0 Å². The van der Waals surface area contributed by atoms with Gasteiger partial charge in [0.1, 0.15) is 5.76 Å². The molecule has 15 heavy (non-hydrogen) atoms. The Balaban J connectivity index is 2.55. The molecule has 3 N–H and O–H groups in total. The number of carbonyl (C=O) groups excluding carboxylic acids is 1. The molecule has 0 saturated heterocycles. The Bertz CT molecular complexity index is 335. The van der Waals surface area contributed by atoms with Gasteiger partial charge in [0.05, 0.1) is 6.04 Å². The van der Waals surface area contributed by atoms with Crippen LogP contribution in [0.1, 0.15) is 26.0 Å². The molecule has 0 radical (unpaired) electrons. The van der Waals surface area contributed by atoms with E-state index in [-0.39, 0.29) is 11.8 Å². The van der Waals surface area contributed by atoms with Crippen molar-refractivity contribution in [3.63, 3.8) is 0 Å². The van der Waals surface area contributed by atoms with E-state index in [0.717, 1.165) is 6.42 Å². The molecule has 1 amide bonds. The number of aromatic nitrogens is 1. The van der Waals surface area contributed by atoms with Crippen LogP contribution in [-0.4, -0.2) is 17.1 Å². The molecule has 1 heterocycles. The van der Waals surface area contributed by atoms with Gasteiger partial charge in [-0.2, -0.15) is 0 Å². The van der Waals surface area contributed by atoms with Gasteiger partial charge in [-0.05, 0) is 12.8 Å². The van der Waals surface area contributed by atoms with E-state index in [2.05, 4.69) is 10.5 Å². The Kier molecular flexibility index (Phi) is 3.85. The Labute approximate surface area is 89.0 Å². The van der Waals surface area contributed by atoms with E-state index >= 15 is 0 Å². The summed E-state index contributed by atoms with van der Waals surface area (Å²) < 4.78 is 4.83. The lowest BCUT2D eigenvalue weighted by atomic mass is 9.99. The van der Waals surface area contributed by atoms with Crippen molar-refractivity contribution in [3.05, 3.63) is 11.8 Å². The molecule has 5 heteroatoms. The number of hydrogen-bond donors (Lipinski definition) is 2. The Hall–Kier alpha value is -1.36. The van der Waals surface area contributed by atoms with Gasteiger partial charge in [-0.1, -0.05) is 25.4 Å². The summed E-state index contributed by atoms with van der Waals surface area (Å²) in [6, 6.07) is 1.15. The summed E-state index contributed by atoms with van der Waals surface area (Å²) >= 11 is 0. The Morgan fingerprint density at radius 1 is 1.73 bits per heavy atom. The molecule has 0 bridgehead atoms. The summed E-state index contributed by atoms with van der Waals surface area (Å²) in [5.41, 5.74) is 5.76. The van der Waals surface area contributed by atoms with Crippen LogP contribution < -0.4 is 11.1 Å². The lowest BCUT2D eigenvalue weighted by Gasteiger charge is -2.16. The molecular weight excluding hydrogens is 194 g/mol. The van der Waals surface area contributed by atoms with Crippen molar-refractivity contribution < 1.29 is 9.32 Å². The lowest BCUT2D eigenvalue weighted by Crippen LogP contribution is -2.40. The zero-order chi connectivity index (χ0) is 11.4. The summed E-state index contributed by atoms with van der Waals surface area (Å²) in [5.74, 6) is 0.995. The number of carbonyl (C=O) groups is 1. The SMILES string of the molecule is CCC(C)C(N)C(=O)Nc1cc(C)on1. The molecule has 5 nitrogen and oxygen atoms in total. The molecule has 0 aliphatic carbocycles. The standard InChI is InChI=1S/C10H17N3O2/c1-4-6(2)9(11)10(14)12-8-5-7(3)15-13-8/h5-6,9H,4,11H2,1-3H3,(H,12,13,14). The van der Waals surface area contributed by atoms with E-state index in [1.807, 2.05) is 13.8 Å². The molecule has 0 aliphatic rings. The molecule has 0 fully saturated rings. The lowest BCUT2D eigenvalue weighted by molar-refractivity contribution is -0.118. The molecular formula is C10H17N3O2. The molecule has 2 unspecified atom stereocenters. The molecule has 1 aromatic heterocycles. The number of amides is 1. The van der Waals surface area contributed by atoms with Crippen molar-refractivity contribution in [2.75, 3.05) is 5.32 Å². The van der Waals surface area contributed by atoms with E-state index < -0.39 is 6.04 Å². The van der Waals surface area contributed by atoms with Gasteiger partial charge in [-0.25, -0.2) is 0 Å². The average molecular weight is 211 g/mol. The normalized spacial score (nSPS) is 14.7. The van der Waals surface area contributed by atoms with Crippen LogP contribution in [0, 0.1) is 12.8 Å². The first kappa shape index (κ1) is 11.7. The summed E-state index contributed by atoms with van der Waals surface area (Å²) in [5, 5.41) is 6.27. The van der Waals surface area contributed by atoms with Crippen molar-refractivity contribution in [2.24, 2.45) is 11.7 Å². The molecule has 0 spiro atoms. The minimum atomic E-state index is -0.507. The number of nitrogens with two attached hydrogens (primary N) is 1. The number of rotatable bonds is 4. The topological polar surface area (TPSA) is 81.2 Å². The highest BCUT2D eigenvalue weighted by Gasteiger charge is 2.20. The van der Waals surface area contributed by atoms with E-state index in [1.165, 1.54) is 0 Å². The largest absolute Gasteiger partial charge is 0.360 e. The van der Waals surface area contributed by atoms with Crippen molar-refractivity contribution in [1.82, 2.24) is 5.16 Å². The van der Waals surface area contributed by atoms with Crippen molar-refractivity contribution in [1.29, 1.82) is 0 Å². The van der Waals surface area contributed by atoms with E-state index in [0.29, 0.717) is 11.6 Å². The summed E-state index contributed by atoms with van der Waals surface area (Å²) in [4.78, 5) is 11.6. The first-order valence-electron chi connectivity index (χ1n) is 5.04. The molecule has 2 atom stereocenters. The smallest absolute Gasteiger partial charge is 0.242 e. The van der Waals surface area contributed by atoms with Gasteiger partial charge in [0, 0.05) is 6.07 Å². The highest BCUT2D eigenvalue weighted by molar-refractivity contribution is 5.94. The highest BCUT2D eigenvalue weighted by Crippen LogP contribution is 2.10. The quantitative estimate of drug-likeness (QED) is 0.786. The zero-order valence-corrected chi connectivity index (χ0v) is 9.28. The maximum absolute atomic E-state index is 11.6. The number of nitrogens with zero attached hydrogens (tertiary/aromatic N) is 1. The Morgan fingerprint density at radius 2 is 2.40 bits per heavy atom. The predicted molar refractivity (Wildman–Crippen MR) is 57.3 cm³/mol. The predicted octanol–water partition coefficient (Wildman–Crippen LogP) is 1.29. The number of nitrogens with one attached hydrogen (secondary N) is 1. The summed E-state index contributed by atoms with van der Waals surface area (Å²) in [6.45, 7) is 5.70. The fourth-order valence-electron chi connectivity index (χ4n) is 1.15. The fourth-order valence-corrected chi connectivity index (χ4v) is 1.15. The molecule has 0 aromatic carbocycles. The van der Waals surface area contributed by atoms with Crippen LogP contribution in [0.15, 0.2) is 10.6 Å². The molecule has 84 valence electrons. The third-order valence-corrected chi connectivity index (χ3v) is 2.44. The van der Waals surface area contributed by atoms with Gasteiger partial charge in [0.2, 0.25) is 5.91 Å². The minimum Gasteiger partial charge on any atom is -0.360 e. The highest BCUT2D eigenvalue weighted by atomic mass is 16.5. The molecule has 1 aromatic rings. The van der Waals surface area contributed by atoms with Crippen LogP contribution in [-0.2, 0) is 4.79 Å². The summed E-state index contributed by atoms with van der Waals surface area (Å²) in [6.07, 6.45) is 0.867. The van der Waals surface area contributed by atoms with Gasteiger partial charge in [-0.15, -0.1) is 0 Å². The van der Waals surface area contributed by atoms with Crippen LogP contribution in [0.5, 0.6) is 0 Å². The summed E-state index contributed by atoms with van der Waals surface area (Å²) in [7, 11) is 0. The van der Waals surface area contributed by atoms with Gasteiger partial charge >= 0.3 is 0 Å². The zero-order valence-electron chi connectivity index (χ0n) is 9.28. The van der Waals surface area contributed by atoms with Gasteiger partial charge in [-0.3, -0.25) is 4.79 Å². The van der Waals surface area contributed by atoms with Gasteiger partial charge < -0.3 is 15.6 Å². The number of anilines is 1. The average Bonchev–Trinajstić information content (AvgIpc) is 2.61. The number of aryl methyl sites for hydroxylation is 1. The second-order valence-corrected chi connectivity index (χ2v) is 3.72. The second kappa shape index (κ2) is 4.93. The first-order valence-corrected chi connectivity index (χ1v) is 5.04. The monoisotopic (exact) mass is 211 g/mol. The van der Waals surface area contributed by atoms with Crippen molar-refractivity contribution in [2.45, 2.75) is 33.2 Å². The van der Waals surface area contributed by atoms with Crippen LogP contribution in [0.4, 0.5) is 5.82 Å². The number of hydrogen-bond acceptors (Lipinski definition) is 4. The Morgan fingerprint density at radius 3 is 2.87 bits per heavy atom. The fraction of sp³-hybridized carbons (Fsp3) is 0.600. The first-order chi connectivity index (χ1) is 7.04. The van der Waals surface area contributed by atoms with E-state index in [1.54, 1.807) is 13.0 Å². The maximum atomic E-state index is 11.6.